The van der Waals surface area contributed by atoms with Gasteiger partial charge in [0.1, 0.15) is 0 Å². The molecule has 1 aromatic carbocycles. The Bertz CT molecular complexity index is 720. The molecule has 1 aromatic rings. The maximum absolute atomic E-state index is 12.5. The summed E-state index contributed by atoms with van der Waals surface area (Å²) in [5, 5.41) is 9.48. The predicted molar refractivity (Wildman–Crippen MR) is 88.2 cm³/mol. The number of likely N-dealkylation sites (N-methyl/N-ethyl adjacent to an activating group) is 1. The van der Waals surface area contributed by atoms with Gasteiger partial charge in [-0.25, -0.2) is 8.42 Å². The number of carbonyl (C=O) groups excluding carboxylic acids is 1. The van der Waals surface area contributed by atoms with Gasteiger partial charge in [-0.15, -0.1) is 0 Å². The highest BCUT2D eigenvalue weighted by molar-refractivity contribution is 7.89. The molecule has 2 rings (SSSR count). The third-order valence-corrected chi connectivity index (χ3v) is 6.07. The molecule has 1 heterocycles. The molecule has 1 N–H and O–H groups in total. The van der Waals surface area contributed by atoms with Crippen LogP contribution in [0.25, 0.3) is 0 Å². The van der Waals surface area contributed by atoms with Gasteiger partial charge in [-0.1, -0.05) is 11.6 Å². The van der Waals surface area contributed by atoms with Crippen LogP contribution in [-0.2, 0) is 19.6 Å². The number of carboxylic acid groups (broad SMARTS) is 1. The lowest BCUT2D eigenvalue weighted by atomic mass is 9.98. The van der Waals surface area contributed by atoms with Crippen LogP contribution in [0.3, 0.4) is 0 Å². The largest absolute Gasteiger partial charge is 0.481 e. The van der Waals surface area contributed by atoms with Gasteiger partial charge in [0.2, 0.25) is 15.9 Å². The van der Waals surface area contributed by atoms with Crippen molar-refractivity contribution in [2.24, 2.45) is 5.92 Å². The Morgan fingerprint density at radius 1 is 1.33 bits per heavy atom. The van der Waals surface area contributed by atoms with E-state index in [1.54, 1.807) is 0 Å². The van der Waals surface area contributed by atoms with Crippen molar-refractivity contribution in [1.29, 1.82) is 0 Å². The van der Waals surface area contributed by atoms with E-state index in [1.165, 1.54) is 36.2 Å². The molecular weight excluding hydrogens is 356 g/mol. The van der Waals surface area contributed by atoms with E-state index in [0.29, 0.717) is 24.4 Å². The van der Waals surface area contributed by atoms with E-state index in [9.17, 15) is 18.0 Å². The summed E-state index contributed by atoms with van der Waals surface area (Å²) in [7, 11) is -2.49. The number of sulfonamides is 1. The van der Waals surface area contributed by atoms with Gasteiger partial charge in [0, 0.05) is 25.2 Å². The Labute approximate surface area is 145 Å². The minimum atomic E-state index is -3.81. The van der Waals surface area contributed by atoms with E-state index >= 15 is 0 Å². The second-order valence-electron chi connectivity index (χ2n) is 5.73. The summed E-state index contributed by atoms with van der Waals surface area (Å²) in [5.41, 5.74) is 0. The smallest absolute Gasteiger partial charge is 0.308 e. The molecule has 0 radical (unpaired) electrons. The lowest BCUT2D eigenvalue weighted by molar-refractivity contribution is -0.145. The van der Waals surface area contributed by atoms with Gasteiger partial charge < -0.3 is 10.0 Å². The molecule has 0 bridgehead atoms. The van der Waals surface area contributed by atoms with E-state index in [2.05, 4.69) is 0 Å². The number of likely N-dealkylation sites (tertiary alicyclic amines) is 1. The van der Waals surface area contributed by atoms with Gasteiger partial charge in [0.05, 0.1) is 17.4 Å². The van der Waals surface area contributed by atoms with Gasteiger partial charge >= 0.3 is 5.97 Å². The fraction of sp³-hybridized carbons (Fsp3) is 0.467. The summed E-state index contributed by atoms with van der Waals surface area (Å²) in [5.74, 6) is -1.93. The molecule has 132 valence electrons. The van der Waals surface area contributed by atoms with Crippen LogP contribution < -0.4 is 0 Å². The molecule has 1 amide bonds. The van der Waals surface area contributed by atoms with Crippen molar-refractivity contribution < 1.29 is 23.1 Å². The Morgan fingerprint density at radius 2 is 1.96 bits per heavy atom. The lowest BCUT2D eigenvalue weighted by Gasteiger charge is -2.31. The third kappa shape index (κ3) is 4.25. The maximum Gasteiger partial charge on any atom is 0.308 e. The highest BCUT2D eigenvalue weighted by atomic mass is 35.5. The highest BCUT2D eigenvalue weighted by Gasteiger charge is 2.30. The SMILES string of the molecule is CN(CC(=O)N1CCC[C@H](C(=O)O)C1)S(=O)(=O)c1ccc(Cl)cc1. The summed E-state index contributed by atoms with van der Waals surface area (Å²) < 4.78 is 25.9. The Balaban J connectivity index is 2.05. The molecule has 1 atom stereocenters. The van der Waals surface area contributed by atoms with Gasteiger partial charge in [-0.3, -0.25) is 9.59 Å². The minimum absolute atomic E-state index is 0.0456. The van der Waals surface area contributed by atoms with Gasteiger partial charge in [0.25, 0.3) is 0 Å². The summed E-state index contributed by atoms with van der Waals surface area (Å²) in [6, 6.07) is 5.68. The number of halogens is 1. The number of amides is 1. The molecule has 0 unspecified atom stereocenters. The number of piperidine rings is 1. The van der Waals surface area contributed by atoms with Crippen molar-refractivity contribution >= 4 is 33.5 Å². The molecular formula is C15H19ClN2O5S. The second kappa shape index (κ2) is 7.50. The number of rotatable bonds is 5. The molecule has 0 saturated carbocycles. The molecule has 0 aliphatic carbocycles. The van der Waals surface area contributed by atoms with Crippen molar-refractivity contribution in [2.75, 3.05) is 26.7 Å². The van der Waals surface area contributed by atoms with Crippen molar-refractivity contribution in [3.63, 3.8) is 0 Å². The van der Waals surface area contributed by atoms with Crippen molar-refractivity contribution in [2.45, 2.75) is 17.7 Å². The minimum Gasteiger partial charge on any atom is -0.481 e. The summed E-state index contributed by atoms with van der Waals surface area (Å²) in [4.78, 5) is 24.8. The maximum atomic E-state index is 12.5. The first kappa shape index (κ1) is 18.7. The monoisotopic (exact) mass is 374 g/mol. The average molecular weight is 375 g/mol. The fourth-order valence-corrected chi connectivity index (χ4v) is 3.81. The number of nitrogens with zero attached hydrogens (tertiary/aromatic N) is 2. The van der Waals surface area contributed by atoms with Crippen LogP contribution >= 0.6 is 11.6 Å². The van der Waals surface area contributed by atoms with Gasteiger partial charge in [-0.05, 0) is 37.1 Å². The average Bonchev–Trinajstić information content (AvgIpc) is 2.55. The first-order valence-electron chi connectivity index (χ1n) is 7.44. The van der Waals surface area contributed by atoms with Crippen LogP contribution in [0.4, 0.5) is 0 Å². The second-order valence-corrected chi connectivity index (χ2v) is 8.21. The van der Waals surface area contributed by atoms with Gasteiger partial charge in [-0.2, -0.15) is 4.31 Å². The molecule has 1 fully saturated rings. The van der Waals surface area contributed by atoms with Crippen LogP contribution in [-0.4, -0.2) is 61.3 Å². The first-order valence-corrected chi connectivity index (χ1v) is 9.26. The fourth-order valence-electron chi connectivity index (χ4n) is 2.57. The first-order chi connectivity index (χ1) is 11.2. The number of carboxylic acids is 1. The lowest BCUT2D eigenvalue weighted by Crippen LogP contribution is -2.46. The van der Waals surface area contributed by atoms with Crippen LogP contribution in [0.15, 0.2) is 29.2 Å². The number of aliphatic carboxylic acids is 1. The molecule has 24 heavy (non-hydrogen) atoms. The Morgan fingerprint density at radius 3 is 2.54 bits per heavy atom. The number of benzene rings is 1. The molecule has 0 aromatic heterocycles. The van der Waals surface area contributed by atoms with Crippen molar-refractivity contribution in [3.05, 3.63) is 29.3 Å². The summed E-state index contributed by atoms with van der Waals surface area (Å²) in [6.45, 7) is 0.220. The van der Waals surface area contributed by atoms with E-state index < -0.39 is 27.8 Å². The Hall–Kier alpha value is -1.64. The molecule has 1 aliphatic rings. The number of carbonyl (C=O) groups is 2. The quantitative estimate of drug-likeness (QED) is 0.837. The molecule has 7 nitrogen and oxygen atoms in total. The zero-order valence-corrected chi connectivity index (χ0v) is 14.8. The standard InChI is InChI=1S/C15H19ClN2O5S/c1-17(24(22,23)13-6-4-12(16)5-7-13)10-14(19)18-8-2-3-11(9-18)15(20)21/h4-7,11H,2-3,8-10H2,1H3,(H,20,21)/t11-/m0/s1. The Kier molecular flexibility index (Phi) is 5.84. The van der Waals surface area contributed by atoms with E-state index in [4.69, 9.17) is 16.7 Å². The van der Waals surface area contributed by atoms with Crippen molar-refractivity contribution in [1.82, 2.24) is 9.21 Å². The summed E-state index contributed by atoms with van der Waals surface area (Å²) >= 11 is 5.75. The van der Waals surface area contributed by atoms with Crippen molar-refractivity contribution in [3.8, 4) is 0 Å². The number of hydrogen-bond donors (Lipinski definition) is 1. The van der Waals surface area contributed by atoms with Crippen LogP contribution in [0.2, 0.25) is 5.02 Å². The van der Waals surface area contributed by atoms with E-state index in [-0.39, 0.29) is 18.0 Å². The van der Waals surface area contributed by atoms with Gasteiger partial charge in [0.15, 0.2) is 0 Å². The van der Waals surface area contributed by atoms with Crippen LogP contribution in [0.1, 0.15) is 12.8 Å². The third-order valence-electron chi connectivity index (χ3n) is 4.00. The van der Waals surface area contributed by atoms with E-state index in [1.807, 2.05) is 0 Å². The van der Waals surface area contributed by atoms with Crippen LogP contribution in [0, 0.1) is 5.92 Å². The normalized spacial score (nSPS) is 18.6. The van der Waals surface area contributed by atoms with E-state index in [0.717, 1.165) is 4.31 Å². The molecule has 9 heteroatoms. The van der Waals surface area contributed by atoms with Crippen LogP contribution in [0.5, 0.6) is 0 Å². The highest BCUT2D eigenvalue weighted by Crippen LogP contribution is 2.19. The molecule has 1 saturated heterocycles. The topological polar surface area (TPSA) is 95.0 Å². The molecule has 0 spiro atoms. The zero-order chi connectivity index (χ0) is 17.9. The zero-order valence-electron chi connectivity index (χ0n) is 13.2. The molecule has 1 aliphatic heterocycles. The number of hydrogen-bond acceptors (Lipinski definition) is 4. The summed E-state index contributed by atoms with van der Waals surface area (Å²) in [6.07, 6.45) is 1.12. The predicted octanol–water partition coefficient (Wildman–Crippen LogP) is 1.28.